The van der Waals surface area contributed by atoms with Gasteiger partial charge in [-0.3, -0.25) is 0 Å². The molecule has 8 aromatic rings. The number of hydrogen-bond acceptors (Lipinski definition) is 3. The van der Waals surface area contributed by atoms with Gasteiger partial charge in [0.25, 0.3) is 0 Å². The minimum absolute atomic E-state index is 0.0715. The minimum atomic E-state index is -1.39. The van der Waals surface area contributed by atoms with Crippen molar-refractivity contribution in [2.24, 2.45) is 9.98 Å². The van der Waals surface area contributed by atoms with Crippen LogP contribution in [0.15, 0.2) is 241 Å². The average Bonchev–Trinajstić information content (AvgIpc) is 3.62. The first-order chi connectivity index (χ1) is 28.7. The molecule has 58 heavy (non-hydrogen) atoms. The summed E-state index contributed by atoms with van der Waals surface area (Å²) in [5.41, 5.74) is 2.24. The standard InChI is InChI=1S/2C18H15As.C14H10N2O2.BrH.Ru/c2*1-4-10-16(11-5-1)19(17-12-6-2-7-13-17)18-14-8-3-9-15-18;17-12-8-4-3-7-11(12)15-13-9-5-1-2-6-10(9)16-14(13)18;;/h2*1-15H;1-8,17H,(H,15,16,18);1H;/q;;;;+1/p-1. The Bertz CT molecular complexity index is 2190. The van der Waals surface area contributed by atoms with Gasteiger partial charge in [0.05, 0.1) is 5.69 Å². The normalized spacial score (nSPS) is 11.9. The van der Waals surface area contributed by atoms with Crippen molar-refractivity contribution in [3.8, 4) is 5.75 Å². The number of aliphatic imine (C=N–C) groups is 2. The van der Waals surface area contributed by atoms with Crippen molar-refractivity contribution in [3.05, 3.63) is 236 Å². The van der Waals surface area contributed by atoms with Gasteiger partial charge in [0.15, 0.2) is 0 Å². The Morgan fingerprint density at radius 1 is 0.379 bits per heavy atom. The molecule has 0 unspecified atom stereocenters. The Morgan fingerprint density at radius 2 is 0.672 bits per heavy atom. The van der Waals surface area contributed by atoms with Crippen LogP contribution in [0.4, 0.5) is 11.4 Å². The van der Waals surface area contributed by atoms with E-state index >= 15 is 0 Å². The first-order valence-corrected chi connectivity index (χ1v) is 28.0. The fourth-order valence-corrected chi connectivity index (χ4v) is 15.9. The Balaban J connectivity index is 0.000000144. The molecule has 8 heteroatoms. The zero-order chi connectivity index (χ0) is 40.4. The predicted octanol–water partition coefficient (Wildman–Crippen LogP) is 8.36. The monoisotopic (exact) mass is 1030 g/mol. The van der Waals surface area contributed by atoms with Gasteiger partial charge in [-0.15, -0.1) is 0 Å². The van der Waals surface area contributed by atoms with Crippen LogP contribution in [-0.2, 0) is 16.3 Å². The van der Waals surface area contributed by atoms with E-state index in [2.05, 4.69) is 222 Å². The molecule has 2 N–H and O–H groups in total. The summed E-state index contributed by atoms with van der Waals surface area (Å²) in [7, 11) is 0. The number of aliphatic hydroxyl groups is 1. The fourth-order valence-electron chi connectivity index (χ4n) is 6.21. The molecule has 8 aromatic carbocycles. The van der Waals surface area contributed by atoms with E-state index in [9.17, 15) is 10.2 Å². The van der Waals surface area contributed by atoms with Crippen molar-refractivity contribution in [1.82, 2.24) is 0 Å². The second-order valence-corrected chi connectivity index (χ2v) is 21.9. The van der Waals surface area contributed by atoms with Crippen molar-refractivity contribution in [3.63, 3.8) is 0 Å². The Morgan fingerprint density at radius 3 is 1.02 bits per heavy atom. The first-order valence-electron chi connectivity index (χ1n) is 18.4. The summed E-state index contributed by atoms with van der Waals surface area (Å²) in [5, 5.41) is 19.5. The third-order valence-corrected chi connectivity index (χ3v) is 19.1. The number of fused-ring (bicyclic) bond motifs is 1. The molecular weight excluding hydrogens is 991 g/mol. The van der Waals surface area contributed by atoms with Gasteiger partial charge < -0.3 is 10.2 Å². The van der Waals surface area contributed by atoms with Crippen molar-refractivity contribution in [2.75, 3.05) is 0 Å². The van der Waals surface area contributed by atoms with E-state index < -0.39 is 29.3 Å². The van der Waals surface area contributed by atoms with Gasteiger partial charge >= 0.3 is 267 Å². The van der Waals surface area contributed by atoms with E-state index in [0.29, 0.717) is 17.1 Å². The molecule has 0 atom stereocenters. The average molecular weight is 1030 g/mol. The fraction of sp³-hybridized carbons (Fsp3) is 0. The van der Waals surface area contributed by atoms with Gasteiger partial charge in [-0.2, -0.15) is 0 Å². The second-order valence-electron chi connectivity index (χ2n) is 12.6. The molecule has 1 aliphatic heterocycles. The van der Waals surface area contributed by atoms with E-state index in [-0.39, 0.29) is 11.6 Å². The summed E-state index contributed by atoms with van der Waals surface area (Å²) in [6.45, 7) is 0. The number of phenolic OH excluding ortho intramolecular Hbond substituents is 1. The maximum atomic E-state index is 9.80. The van der Waals surface area contributed by atoms with Crippen molar-refractivity contribution >= 4 is 92.0 Å². The van der Waals surface area contributed by atoms with E-state index in [0.717, 1.165) is 5.56 Å². The molecule has 0 fully saturated rings. The van der Waals surface area contributed by atoms with Gasteiger partial charge in [0.1, 0.15) is 17.1 Å². The molecule has 0 amide bonds. The molecule has 0 radical (unpaired) electrons. The summed E-state index contributed by atoms with van der Waals surface area (Å²) in [4.78, 5) is 8.28. The van der Waals surface area contributed by atoms with Crippen LogP contribution in [0, 0.1) is 0 Å². The number of rotatable bonds is 7. The van der Waals surface area contributed by atoms with E-state index in [1.54, 1.807) is 30.3 Å². The molecular formula is C50H40As2BrN2O2Ru. The summed E-state index contributed by atoms with van der Waals surface area (Å²) in [6, 6.07) is 79.5. The number of nitrogens with zero attached hydrogens (tertiary/aromatic N) is 2. The quantitative estimate of drug-likeness (QED) is 0.158. The zero-order valence-corrected chi connectivity index (χ0v) is 38.4. The van der Waals surface area contributed by atoms with Gasteiger partial charge in [-0.05, 0) is 18.2 Å². The molecule has 0 bridgehead atoms. The van der Waals surface area contributed by atoms with Gasteiger partial charge in [0.2, 0.25) is 5.90 Å². The number of benzene rings is 8. The molecule has 4 nitrogen and oxygen atoms in total. The van der Waals surface area contributed by atoms with E-state index in [4.69, 9.17) is 0 Å². The molecule has 1 heterocycles. The van der Waals surface area contributed by atoms with Gasteiger partial charge in [0, 0.05) is 5.56 Å². The Hall–Kier alpha value is -5.08. The number of para-hydroxylation sites is 3. The third kappa shape index (κ3) is 11.5. The number of hydrogen-bond donors (Lipinski definition) is 2. The first kappa shape index (κ1) is 42.5. The van der Waals surface area contributed by atoms with Crippen LogP contribution in [0.2, 0.25) is 0 Å². The Kier molecular flexibility index (Phi) is 16.7. The predicted molar refractivity (Wildman–Crippen MR) is 247 cm³/mol. The van der Waals surface area contributed by atoms with Crippen molar-refractivity contribution < 1.29 is 26.6 Å². The van der Waals surface area contributed by atoms with Crippen molar-refractivity contribution in [1.29, 1.82) is 0 Å². The molecule has 9 rings (SSSR count). The van der Waals surface area contributed by atoms with Crippen LogP contribution in [0.3, 0.4) is 0 Å². The summed E-state index contributed by atoms with van der Waals surface area (Å²) in [6.07, 6.45) is 0. The summed E-state index contributed by atoms with van der Waals surface area (Å²) >= 11 is 2.25. The van der Waals surface area contributed by atoms with E-state index in [1.165, 1.54) is 26.1 Å². The van der Waals surface area contributed by atoms with Gasteiger partial charge in [-0.25, -0.2) is 9.98 Å². The number of phenols is 1. The van der Waals surface area contributed by atoms with Crippen LogP contribution >= 0.6 is 13.6 Å². The van der Waals surface area contributed by atoms with Gasteiger partial charge in [-0.1, -0.05) is 30.3 Å². The second kappa shape index (κ2) is 22.8. The molecule has 0 saturated heterocycles. The van der Waals surface area contributed by atoms with Crippen LogP contribution in [0.5, 0.6) is 5.75 Å². The number of aromatic hydroxyl groups is 1. The number of halogens is 1. The SMILES string of the molecule is OC1=Nc2ccccc2C1=Nc1ccccc1O.[Br][Ru].c1ccc([As](c2ccccc2)c2ccccc2)cc1.c1ccc([As](c2ccccc2)c2ccccc2)cc1. The zero-order valence-electron chi connectivity index (χ0n) is 31.4. The van der Waals surface area contributed by atoms with Crippen LogP contribution in [0.1, 0.15) is 5.56 Å². The molecule has 0 aliphatic carbocycles. The number of aliphatic hydroxyl groups excluding tert-OH is 1. The molecule has 1 aliphatic rings. The van der Waals surface area contributed by atoms with Crippen molar-refractivity contribution in [2.45, 2.75) is 0 Å². The maximum absolute atomic E-state index is 9.80. The van der Waals surface area contributed by atoms with Crippen LogP contribution < -0.4 is 26.1 Å². The van der Waals surface area contributed by atoms with E-state index in [1.807, 2.05) is 18.2 Å². The van der Waals surface area contributed by atoms with Crippen LogP contribution in [0.25, 0.3) is 0 Å². The topological polar surface area (TPSA) is 65.2 Å². The Labute approximate surface area is 367 Å². The third-order valence-electron chi connectivity index (χ3n) is 8.80. The van der Waals surface area contributed by atoms with Crippen LogP contribution in [-0.4, -0.2) is 51.1 Å². The summed E-state index contributed by atoms with van der Waals surface area (Å²) < 4.78 is 8.87. The molecule has 287 valence electrons. The molecule has 0 aromatic heterocycles. The summed E-state index contributed by atoms with van der Waals surface area (Å²) in [5.74, 6) is -0.0540. The molecule has 0 spiro atoms. The molecule has 0 saturated carbocycles.